The van der Waals surface area contributed by atoms with Gasteiger partial charge in [-0.3, -0.25) is 0 Å². The lowest BCUT2D eigenvalue weighted by Gasteiger charge is -2.12. The van der Waals surface area contributed by atoms with E-state index in [4.69, 9.17) is 5.73 Å². The molecule has 2 aromatic carbocycles. The maximum Gasteiger partial charge on any atom is 0.184 e. The summed E-state index contributed by atoms with van der Waals surface area (Å²) in [6.07, 6.45) is 0. The summed E-state index contributed by atoms with van der Waals surface area (Å²) in [5, 5.41) is 4.36. The molecule has 1 unspecified atom stereocenters. The van der Waals surface area contributed by atoms with E-state index in [1.165, 1.54) is 5.56 Å². The number of nitrogens with zero attached hydrogens (tertiary/aromatic N) is 1. The predicted octanol–water partition coefficient (Wildman–Crippen LogP) is 4.05. The lowest BCUT2D eigenvalue weighted by atomic mass is 10.1. The number of nitrogens with two attached hydrogens (primary N) is 1. The van der Waals surface area contributed by atoms with Gasteiger partial charge in [-0.25, -0.2) is 4.98 Å². The average Bonchev–Trinajstić information content (AvgIpc) is 2.81. The highest BCUT2D eigenvalue weighted by molar-refractivity contribution is 7.22. The van der Waals surface area contributed by atoms with E-state index in [0.29, 0.717) is 0 Å². The van der Waals surface area contributed by atoms with Gasteiger partial charge in [-0.2, -0.15) is 0 Å². The quantitative estimate of drug-likeness (QED) is 0.705. The van der Waals surface area contributed by atoms with Crippen molar-refractivity contribution in [2.45, 2.75) is 13.0 Å². The van der Waals surface area contributed by atoms with Crippen LogP contribution < -0.4 is 11.1 Å². The highest BCUT2D eigenvalue weighted by Crippen LogP contribution is 2.29. The van der Waals surface area contributed by atoms with Crippen molar-refractivity contribution in [3.05, 3.63) is 54.1 Å². The second kappa shape index (κ2) is 4.90. The highest BCUT2D eigenvalue weighted by Gasteiger charge is 2.08. The number of anilines is 2. The van der Waals surface area contributed by atoms with Crippen LogP contribution in [0.2, 0.25) is 0 Å². The zero-order valence-electron chi connectivity index (χ0n) is 10.6. The molecule has 0 spiro atoms. The topological polar surface area (TPSA) is 50.9 Å². The maximum atomic E-state index is 5.78. The van der Waals surface area contributed by atoms with Crippen molar-refractivity contribution in [1.82, 2.24) is 4.98 Å². The van der Waals surface area contributed by atoms with Crippen molar-refractivity contribution in [2.75, 3.05) is 11.1 Å². The van der Waals surface area contributed by atoms with E-state index < -0.39 is 0 Å². The number of benzene rings is 2. The molecule has 3 aromatic rings. The Morgan fingerprint density at radius 2 is 1.95 bits per heavy atom. The van der Waals surface area contributed by atoms with Crippen molar-refractivity contribution in [2.24, 2.45) is 0 Å². The second-order valence-corrected chi connectivity index (χ2v) is 5.55. The van der Waals surface area contributed by atoms with Crippen molar-refractivity contribution < 1.29 is 0 Å². The third-order valence-electron chi connectivity index (χ3n) is 3.05. The van der Waals surface area contributed by atoms with Gasteiger partial charge in [-0.1, -0.05) is 41.7 Å². The van der Waals surface area contributed by atoms with Crippen LogP contribution >= 0.6 is 11.3 Å². The van der Waals surface area contributed by atoms with Crippen molar-refractivity contribution in [3.8, 4) is 0 Å². The minimum Gasteiger partial charge on any atom is -0.399 e. The van der Waals surface area contributed by atoms with E-state index >= 15 is 0 Å². The van der Waals surface area contributed by atoms with Crippen LogP contribution in [0.25, 0.3) is 10.2 Å². The zero-order valence-corrected chi connectivity index (χ0v) is 11.4. The molecule has 0 aliphatic heterocycles. The Labute approximate surface area is 116 Å². The Balaban J connectivity index is 1.85. The van der Waals surface area contributed by atoms with Gasteiger partial charge in [0.25, 0.3) is 0 Å². The third-order valence-corrected chi connectivity index (χ3v) is 4.00. The Kier molecular flexibility index (Phi) is 3.09. The summed E-state index contributed by atoms with van der Waals surface area (Å²) in [5.41, 5.74) is 8.80. The molecule has 0 bridgehead atoms. The average molecular weight is 269 g/mol. The normalized spacial score (nSPS) is 12.5. The first kappa shape index (κ1) is 12.0. The minimum atomic E-state index is 0.235. The Morgan fingerprint density at radius 1 is 1.16 bits per heavy atom. The molecule has 0 saturated heterocycles. The van der Waals surface area contributed by atoms with Crippen LogP contribution in [0.4, 0.5) is 10.8 Å². The molecule has 96 valence electrons. The number of hydrogen-bond donors (Lipinski definition) is 2. The Hall–Kier alpha value is -2.07. The van der Waals surface area contributed by atoms with Gasteiger partial charge in [-0.15, -0.1) is 0 Å². The van der Waals surface area contributed by atoms with Crippen LogP contribution in [0.1, 0.15) is 18.5 Å². The molecule has 0 amide bonds. The SMILES string of the molecule is CC(Nc1nc2ccc(N)cc2s1)c1ccccc1. The summed E-state index contributed by atoms with van der Waals surface area (Å²) in [4.78, 5) is 4.57. The van der Waals surface area contributed by atoms with E-state index in [0.717, 1.165) is 21.0 Å². The smallest absolute Gasteiger partial charge is 0.184 e. The van der Waals surface area contributed by atoms with E-state index in [1.807, 2.05) is 36.4 Å². The van der Waals surface area contributed by atoms with Crippen LogP contribution in [0.3, 0.4) is 0 Å². The molecule has 1 heterocycles. The molecule has 0 aliphatic rings. The predicted molar refractivity (Wildman–Crippen MR) is 82.5 cm³/mol. The van der Waals surface area contributed by atoms with Crippen molar-refractivity contribution in [3.63, 3.8) is 0 Å². The van der Waals surface area contributed by atoms with Crippen LogP contribution in [0.5, 0.6) is 0 Å². The summed E-state index contributed by atoms with van der Waals surface area (Å²) < 4.78 is 1.11. The second-order valence-electron chi connectivity index (χ2n) is 4.52. The number of nitrogen functional groups attached to an aromatic ring is 1. The molecule has 1 atom stereocenters. The van der Waals surface area contributed by atoms with Crippen LogP contribution in [0.15, 0.2) is 48.5 Å². The molecule has 19 heavy (non-hydrogen) atoms. The fourth-order valence-electron chi connectivity index (χ4n) is 2.01. The van der Waals surface area contributed by atoms with E-state index in [1.54, 1.807) is 11.3 Å². The number of nitrogens with one attached hydrogen (secondary N) is 1. The standard InChI is InChI=1S/C15H15N3S/c1-10(11-5-3-2-4-6-11)17-15-18-13-8-7-12(16)9-14(13)19-15/h2-10H,16H2,1H3,(H,17,18). The number of aromatic nitrogens is 1. The van der Waals surface area contributed by atoms with Crippen LogP contribution in [-0.2, 0) is 0 Å². The highest BCUT2D eigenvalue weighted by atomic mass is 32.1. The summed E-state index contributed by atoms with van der Waals surface area (Å²) >= 11 is 1.63. The molecule has 3 rings (SSSR count). The molecule has 1 aromatic heterocycles. The first-order valence-electron chi connectivity index (χ1n) is 6.20. The van der Waals surface area contributed by atoms with Gasteiger partial charge in [0.05, 0.1) is 16.3 Å². The number of fused-ring (bicyclic) bond motifs is 1. The van der Waals surface area contributed by atoms with Gasteiger partial charge in [0.15, 0.2) is 5.13 Å². The van der Waals surface area contributed by atoms with Crippen molar-refractivity contribution in [1.29, 1.82) is 0 Å². The lowest BCUT2D eigenvalue weighted by molar-refractivity contribution is 0.883. The molecule has 0 aliphatic carbocycles. The third kappa shape index (κ3) is 2.53. The first-order chi connectivity index (χ1) is 9.22. The molecule has 0 radical (unpaired) electrons. The molecule has 3 nitrogen and oxygen atoms in total. The van der Waals surface area contributed by atoms with Crippen molar-refractivity contribution >= 4 is 32.4 Å². The summed E-state index contributed by atoms with van der Waals surface area (Å²) in [6.45, 7) is 2.13. The number of thiazole rings is 1. The maximum absolute atomic E-state index is 5.78. The van der Waals surface area contributed by atoms with E-state index in [9.17, 15) is 0 Å². The molecule has 3 N–H and O–H groups in total. The van der Waals surface area contributed by atoms with Gasteiger partial charge in [0.1, 0.15) is 0 Å². The molecular weight excluding hydrogens is 254 g/mol. The Bertz CT molecular complexity index is 691. The zero-order chi connectivity index (χ0) is 13.2. The molecule has 4 heteroatoms. The lowest BCUT2D eigenvalue weighted by Crippen LogP contribution is -2.05. The monoisotopic (exact) mass is 269 g/mol. The number of hydrogen-bond acceptors (Lipinski definition) is 4. The van der Waals surface area contributed by atoms with E-state index in [2.05, 4.69) is 29.4 Å². The molecule has 0 saturated carbocycles. The largest absolute Gasteiger partial charge is 0.399 e. The fourth-order valence-corrected chi connectivity index (χ4v) is 3.01. The first-order valence-corrected chi connectivity index (χ1v) is 7.01. The van der Waals surface area contributed by atoms with Gasteiger partial charge in [-0.05, 0) is 30.7 Å². The molecular formula is C15H15N3S. The fraction of sp³-hybridized carbons (Fsp3) is 0.133. The van der Waals surface area contributed by atoms with E-state index in [-0.39, 0.29) is 6.04 Å². The van der Waals surface area contributed by atoms with Gasteiger partial charge in [0.2, 0.25) is 0 Å². The summed E-state index contributed by atoms with van der Waals surface area (Å²) in [7, 11) is 0. The van der Waals surface area contributed by atoms with Gasteiger partial charge >= 0.3 is 0 Å². The Morgan fingerprint density at radius 3 is 2.74 bits per heavy atom. The van der Waals surface area contributed by atoms with Gasteiger partial charge in [0, 0.05) is 5.69 Å². The minimum absolute atomic E-state index is 0.235. The van der Waals surface area contributed by atoms with Crippen LogP contribution in [0, 0.1) is 0 Å². The van der Waals surface area contributed by atoms with Crippen LogP contribution in [-0.4, -0.2) is 4.98 Å². The molecule has 0 fully saturated rings. The number of rotatable bonds is 3. The summed E-state index contributed by atoms with van der Waals surface area (Å²) in [5.74, 6) is 0. The summed E-state index contributed by atoms with van der Waals surface area (Å²) in [6, 6.07) is 16.4. The van der Waals surface area contributed by atoms with Gasteiger partial charge < -0.3 is 11.1 Å².